The molecule has 1 N–H and O–H groups in total. The van der Waals surface area contributed by atoms with Crippen LogP contribution in [0, 0.1) is 10.1 Å². The van der Waals surface area contributed by atoms with Crippen molar-refractivity contribution >= 4 is 34.9 Å². The minimum absolute atomic E-state index is 0.0554. The maximum Gasteiger partial charge on any atom is 0.338 e. The van der Waals surface area contributed by atoms with E-state index >= 15 is 0 Å². The van der Waals surface area contributed by atoms with Crippen LogP contribution in [-0.2, 0) is 9.53 Å². The normalized spacial score (nSPS) is 11.4. The zero-order valence-electron chi connectivity index (χ0n) is 14.6. The first-order valence-corrected chi connectivity index (χ1v) is 8.38. The second-order valence-corrected chi connectivity index (χ2v) is 5.82. The largest absolute Gasteiger partial charge is 0.494 e. The van der Waals surface area contributed by atoms with Crippen LogP contribution >= 0.6 is 11.6 Å². The molecule has 1 amide bonds. The molecule has 0 heterocycles. The topological polar surface area (TPSA) is 108 Å². The number of nitro benzene ring substituents is 1. The lowest BCUT2D eigenvalue weighted by Crippen LogP contribution is -2.30. The van der Waals surface area contributed by atoms with E-state index in [1.807, 2.05) is 6.92 Å². The summed E-state index contributed by atoms with van der Waals surface area (Å²) in [6.07, 6.45) is -1.14. The predicted molar refractivity (Wildman–Crippen MR) is 99.2 cm³/mol. The molecule has 2 aromatic rings. The molecule has 0 radical (unpaired) electrons. The number of nitrogens with one attached hydrogen (secondary N) is 1. The molecule has 0 aromatic heterocycles. The van der Waals surface area contributed by atoms with E-state index in [2.05, 4.69) is 5.32 Å². The molecule has 0 bridgehead atoms. The van der Waals surface area contributed by atoms with Gasteiger partial charge in [-0.05, 0) is 44.2 Å². The number of anilines is 1. The Hall–Kier alpha value is -3.13. The highest BCUT2D eigenvalue weighted by Crippen LogP contribution is 2.27. The Balaban J connectivity index is 2.02. The Kier molecular flexibility index (Phi) is 6.73. The van der Waals surface area contributed by atoms with Gasteiger partial charge in [0.15, 0.2) is 6.10 Å². The number of nitro groups is 1. The number of carbonyl (C=O) groups excluding carboxylic acids is 2. The molecule has 8 nitrogen and oxygen atoms in total. The van der Waals surface area contributed by atoms with Crippen molar-refractivity contribution in [2.45, 2.75) is 20.0 Å². The molecule has 0 unspecified atom stereocenters. The quantitative estimate of drug-likeness (QED) is 0.436. The first-order valence-electron chi connectivity index (χ1n) is 8.00. The summed E-state index contributed by atoms with van der Waals surface area (Å²) in [5.74, 6) is -0.748. The summed E-state index contributed by atoms with van der Waals surface area (Å²) in [6, 6.07) is 9.92. The Morgan fingerprint density at radius 3 is 2.48 bits per heavy atom. The van der Waals surface area contributed by atoms with E-state index in [1.165, 1.54) is 31.2 Å². The van der Waals surface area contributed by atoms with Gasteiger partial charge in [0, 0.05) is 12.1 Å². The number of carbonyl (C=O) groups is 2. The molecule has 27 heavy (non-hydrogen) atoms. The van der Waals surface area contributed by atoms with E-state index in [-0.39, 0.29) is 22.0 Å². The van der Waals surface area contributed by atoms with Crippen LogP contribution < -0.4 is 10.1 Å². The molecule has 0 saturated carbocycles. The van der Waals surface area contributed by atoms with Gasteiger partial charge < -0.3 is 14.8 Å². The van der Waals surface area contributed by atoms with Crippen molar-refractivity contribution in [1.29, 1.82) is 0 Å². The number of nitrogens with zero attached hydrogens (tertiary/aromatic N) is 1. The molecule has 0 saturated heterocycles. The number of ether oxygens (including phenoxy) is 2. The number of rotatable bonds is 7. The van der Waals surface area contributed by atoms with Gasteiger partial charge in [-0.1, -0.05) is 11.6 Å². The molecule has 1 atom stereocenters. The summed E-state index contributed by atoms with van der Waals surface area (Å²) >= 11 is 5.93. The Morgan fingerprint density at radius 2 is 1.89 bits per heavy atom. The monoisotopic (exact) mass is 392 g/mol. The van der Waals surface area contributed by atoms with Crippen LogP contribution in [0.1, 0.15) is 24.2 Å². The summed E-state index contributed by atoms with van der Waals surface area (Å²) in [7, 11) is 0. The van der Waals surface area contributed by atoms with Crippen molar-refractivity contribution in [1.82, 2.24) is 0 Å². The van der Waals surface area contributed by atoms with Crippen molar-refractivity contribution in [2.24, 2.45) is 0 Å². The second-order valence-electron chi connectivity index (χ2n) is 5.42. The number of hydrogen-bond donors (Lipinski definition) is 1. The fourth-order valence-corrected chi connectivity index (χ4v) is 2.26. The number of amides is 1. The molecule has 2 rings (SSSR count). The third-order valence-corrected chi connectivity index (χ3v) is 3.80. The molecule has 2 aromatic carbocycles. The zero-order chi connectivity index (χ0) is 20.0. The highest BCUT2D eigenvalue weighted by molar-refractivity contribution is 6.33. The molecular weight excluding hydrogens is 376 g/mol. The van der Waals surface area contributed by atoms with Gasteiger partial charge in [-0.25, -0.2) is 4.79 Å². The highest BCUT2D eigenvalue weighted by Gasteiger charge is 2.21. The number of hydrogen-bond acceptors (Lipinski definition) is 6. The maximum absolute atomic E-state index is 12.2. The first-order chi connectivity index (χ1) is 12.8. The van der Waals surface area contributed by atoms with Crippen LogP contribution in [0.5, 0.6) is 5.75 Å². The summed E-state index contributed by atoms with van der Waals surface area (Å²) in [5.41, 5.74) is 0.0834. The summed E-state index contributed by atoms with van der Waals surface area (Å²) in [5, 5.41) is 13.4. The van der Waals surface area contributed by atoms with E-state index in [1.54, 1.807) is 12.1 Å². The van der Waals surface area contributed by atoms with Gasteiger partial charge in [-0.3, -0.25) is 14.9 Å². The van der Waals surface area contributed by atoms with Gasteiger partial charge in [0.2, 0.25) is 0 Å². The molecular formula is C18H17ClN2O6. The Morgan fingerprint density at radius 1 is 1.22 bits per heavy atom. The van der Waals surface area contributed by atoms with E-state index < -0.39 is 22.9 Å². The van der Waals surface area contributed by atoms with Gasteiger partial charge in [-0.2, -0.15) is 0 Å². The Labute approximate surface area is 160 Å². The predicted octanol–water partition coefficient (Wildman–Crippen LogP) is 3.83. The third kappa shape index (κ3) is 5.42. The lowest BCUT2D eigenvalue weighted by Gasteiger charge is -2.14. The van der Waals surface area contributed by atoms with Crippen LogP contribution in [0.3, 0.4) is 0 Å². The number of non-ortho nitro benzene ring substituents is 1. The average Bonchev–Trinajstić information content (AvgIpc) is 2.64. The third-order valence-electron chi connectivity index (χ3n) is 3.47. The van der Waals surface area contributed by atoms with Crippen molar-refractivity contribution < 1.29 is 24.0 Å². The summed E-state index contributed by atoms with van der Waals surface area (Å²) in [4.78, 5) is 34.6. The minimum Gasteiger partial charge on any atom is -0.494 e. The summed E-state index contributed by atoms with van der Waals surface area (Å²) in [6.45, 7) is 3.73. The van der Waals surface area contributed by atoms with Crippen LogP contribution in [0.2, 0.25) is 5.02 Å². The van der Waals surface area contributed by atoms with Crippen LogP contribution in [0.4, 0.5) is 11.4 Å². The van der Waals surface area contributed by atoms with Crippen LogP contribution in [0.15, 0.2) is 42.5 Å². The average molecular weight is 393 g/mol. The molecule has 9 heteroatoms. The second kappa shape index (κ2) is 9.00. The van der Waals surface area contributed by atoms with Crippen LogP contribution in [0.25, 0.3) is 0 Å². The van der Waals surface area contributed by atoms with Crippen molar-refractivity contribution in [2.75, 3.05) is 11.9 Å². The SMILES string of the molecule is CCOc1ccc(C(=O)O[C@@H](C)C(=O)Nc2cc([N+](=O)[O-])ccc2Cl)cc1. The standard InChI is InChI=1S/C18H17ClN2O6/c1-3-26-14-7-4-12(5-8-14)18(23)27-11(2)17(22)20-16-10-13(21(24)25)6-9-15(16)19/h4-11H,3H2,1-2H3,(H,20,22)/t11-/m0/s1. The fourth-order valence-electron chi connectivity index (χ4n) is 2.09. The fraction of sp³-hybridized carbons (Fsp3) is 0.222. The van der Waals surface area contributed by atoms with E-state index in [0.717, 1.165) is 6.07 Å². The van der Waals surface area contributed by atoms with Gasteiger partial charge in [-0.15, -0.1) is 0 Å². The lowest BCUT2D eigenvalue weighted by molar-refractivity contribution is -0.384. The zero-order valence-corrected chi connectivity index (χ0v) is 15.4. The van der Waals surface area contributed by atoms with Crippen molar-refractivity contribution in [3.8, 4) is 5.75 Å². The van der Waals surface area contributed by atoms with Gasteiger partial charge in [0.05, 0.1) is 27.8 Å². The molecule has 0 aliphatic rings. The van der Waals surface area contributed by atoms with Gasteiger partial charge >= 0.3 is 5.97 Å². The van der Waals surface area contributed by atoms with Gasteiger partial charge in [0.1, 0.15) is 5.75 Å². The highest BCUT2D eigenvalue weighted by atomic mass is 35.5. The van der Waals surface area contributed by atoms with E-state index in [0.29, 0.717) is 12.4 Å². The number of benzene rings is 2. The van der Waals surface area contributed by atoms with Crippen molar-refractivity contribution in [3.63, 3.8) is 0 Å². The minimum atomic E-state index is -1.14. The van der Waals surface area contributed by atoms with E-state index in [9.17, 15) is 19.7 Å². The summed E-state index contributed by atoms with van der Waals surface area (Å²) < 4.78 is 10.4. The molecule has 0 fully saturated rings. The first kappa shape index (κ1) is 20.2. The molecule has 0 aliphatic heterocycles. The number of halogens is 1. The van der Waals surface area contributed by atoms with Crippen molar-refractivity contribution in [3.05, 3.63) is 63.2 Å². The smallest absolute Gasteiger partial charge is 0.338 e. The molecule has 142 valence electrons. The maximum atomic E-state index is 12.2. The lowest BCUT2D eigenvalue weighted by atomic mass is 10.2. The number of esters is 1. The molecule has 0 aliphatic carbocycles. The van der Waals surface area contributed by atoms with Crippen LogP contribution in [-0.4, -0.2) is 29.5 Å². The van der Waals surface area contributed by atoms with Gasteiger partial charge in [0.25, 0.3) is 11.6 Å². The molecule has 0 spiro atoms. The van der Waals surface area contributed by atoms with E-state index in [4.69, 9.17) is 21.1 Å². The Bertz CT molecular complexity index is 853.